The Morgan fingerprint density at radius 1 is 1.18 bits per heavy atom. The quantitative estimate of drug-likeness (QED) is 0.526. The molecule has 2 aromatic carbocycles. The topological polar surface area (TPSA) is 83.6 Å². The van der Waals surface area contributed by atoms with Crippen LogP contribution in [0, 0.1) is 0 Å². The van der Waals surface area contributed by atoms with Crippen LogP contribution in [-0.2, 0) is 6.54 Å². The predicted molar refractivity (Wildman–Crippen MR) is 132 cm³/mol. The zero-order chi connectivity index (χ0) is 24.1. The van der Waals surface area contributed by atoms with Gasteiger partial charge in [0, 0.05) is 36.5 Å². The van der Waals surface area contributed by atoms with Crippen molar-refractivity contribution in [3.05, 3.63) is 88.7 Å². The number of rotatable bonds is 7. The number of benzene rings is 2. The number of ether oxygens (including phenoxy) is 1. The van der Waals surface area contributed by atoms with Crippen LogP contribution < -0.4 is 15.4 Å². The normalized spacial score (nSPS) is 15.5. The number of carbonyl (C=O) groups excluding carboxylic acids is 2. The summed E-state index contributed by atoms with van der Waals surface area (Å²) in [4.78, 5) is 31.9. The second kappa shape index (κ2) is 10.7. The Hall–Kier alpha value is -3.42. The summed E-state index contributed by atoms with van der Waals surface area (Å²) >= 11 is 5.97. The van der Waals surface area contributed by atoms with Crippen molar-refractivity contribution in [2.45, 2.75) is 32.5 Å². The zero-order valence-electron chi connectivity index (χ0n) is 19.1. The monoisotopic (exact) mass is 478 g/mol. The number of nitrogens with one attached hydrogen (secondary N) is 2. The summed E-state index contributed by atoms with van der Waals surface area (Å²) in [6.07, 6.45) is 2.79. The average Bonchev–Trinajstić information content (AvgIpc) is 2.98. The molecule has 3 aromatic rings. The van der Waals surface area contributed by atoms with Crippen molar-refractivity contribution in [1.29, 1.82) is 0 Å². The molecule has 0 radical (unpaired) electrons. The van der Waals surface area contributed by atoms with Crippen LogP contribution in [0.5, 0.6) is 5.75 Å². The Morgan fingerprint density at radius 3 is 2.68 bits per heavy atom. The first-order valence-electron chi connectivity index (χ1n) is 11.2. The lowest BCUT2D eigenvalue weighted by atomic mass is 10.1. The lowest BCUT2D eigenvalue weighted by molar-refractivity contribution is 0.0647. The number of halogens is 1. The molecule has 0 saturated carbocycles. The minimum absolute atomic E-state index is 0.00513. The Bertz CT molecular complexity index is 1150. The molecule has 0 fully saturated rings. The molecule has 2 N–H and O–H groups in total. The van der Waals surface area contributed by atoms with Crippen molar-refractivity contribution in [3.63, 3.8) is 0 Å². The van der Waals surface area contributed by atoms with Crippen molar-refractivity contribution < 1.29 is 14.3 Å². The van der Waals surface area contributed by atoms with Crippen LogP contribution in [-0.4, -0.2) is 46.9 Å². The molecule has 8 heteroatoms. The third kappa shape index (κ3) is 5.55. The van der Waals surface area contributed by atoms with Gasteiger partial charge < -0.3 is 20.3 Å². The largest absolute Gasteiger partial charge is 0.484 e. The van der Waals surface area contributed by atoms with Crippen molar-refractivity contribution in [3.8, 4) is 5.75 Å². The molecule has 0 bridgehead atoms. The van der Waals surface area contributed by atoms with Gasteiger partial charge in [0.25, 0.3) is 11.8 Å². The summed E-state index contributed by atoms with van der Waals surface area (Å²) in [7, 11) is 0. The van der Waals surface area contributed by atoms with Crippen molar-refractivity contribution >= 4 is 29.1 Å². The van der Waals surface area contributed by atoms with Crippen molar-refractivity contribution in [2.75, 3.05) is 18.4 Å². The average molecular weight is 479 g/mol. The number of anilines is 1. The smallest absolute Gasteiger partial charge is 0.258 e. The minimum Gasteiger partial charge on any atom is -0.484 e. The molecule has 34 heavy (non-hydrogen) atoms. The van der Waals surface area contributed by atoms with Crippen LogP contribution in [0.4, 0.5) is 5.69 Å². The standard InChI is InChI=1S/C26H27ClN4O3/c1-17(2)31-16-21(15-29-13-18-8-10-20(27)11-9-18)34-24-22(26(31)33)6-3-7-23(24)30-25(32)19-5-4-12-28-14-19/h3-12,14,17,21,29H,13,15-16H2,1-2H3,(H,30,32). The number of pyridine rings is 1. The number of amides is 2. The predicted octanol–water partition coefficient (Wildman–Crippen LogP) is 4.39. The van der Waals surface area contributed by atoms with E-state index < -0.39 is 0 Å². The first kappa shape index (κ1) is 23.7. The van der Waals surface area contributed by atoms with Crippen LogP contribution in [0.3, 0.4) is 0 Å². The Balaban J connectivity index is 1.56. The highest BCUT2D eigenvalue weighted by Crippen LogP contribution is 2.34. The highest BCUT2D eigenvalue weighted by molar-refractivity contribution is 6.30. The van der Waals surface area contributed by atoms with Gasteiger partial charge in [0.05, 0.1) is 23.4 Å². The Morgan fingerprint density at radius 2 is 1.97 bits per heavy atom. The van der Waals surface area contributed by atoms with Gasteiger partial charge in [0.15, 0.2) is 5.75 Å². The third-order valence-electron chi connectivity index (χ3n) is 5.60. The van der Waals surface area contributed by atoms with E-state index in [1.807, 2.05) is 38.1 Å². The van der Waals surface area contributed by atoms with E-state index >= 15 is 0 Å². The first-order valence-corrected chi connectivity index (χ1v) is 11.6. The lowest BCUT2D eigenvalue weighted by Crippen LogP contribution is -2.44. The van der Waals surface area contributed by atoms with E-state index in [-0.39, 0.29) is 24.0 Å². The first-order chi connectivity index (χ1) is 16.4. The van der Waals surface area contributed by atoms with Gasteiger partial charge >= 0.3 is 0 Å². The Kier molecular flexibility index (Phi) is 7.45. The molecule has 4 rings (SSSR count). The second-order valence-electron chi connectivity index (χ2n) is 8.43. The van der Waals surface area contributed by atoms with Crippen LogP contribution in [0.2, 0.25) is 5.02 Å². The van der Waals surface area contributed by atoms with E-state index in [1.165, 1.54) is 6.20 Å². The second-order valence-corrected chi connectivity index (χ2v) is 8.86. The molecular weight excluding hydrogens is 452 g/mol. The van der Waals surface area contributed by atoms with Crippen LogP contribution in [0.15, 0.2) is 67.0 Å². The molecule has 2 heterocycles. The zero-order valence-corrected chi connectivity index (χ0v) is 19.9. The van der Waals surface area contributed by atoms with Crippen LogP contribution in [0.1, 0.15) is 40.1 Å². The van der Waals surface area contributed by atoms with Gasteiger partial charge in [-0.2, -0.15) is 0 Å². The molecule has 0 aliphatic carbocycles. The molecule has 176 valence electrons. The SMILES string of the molecule is CC(C)N1CC(CNCc2ccc(Cl)cc2)Oc2c(NC(=O)c3cccnc3)cccc2C1=O. The van der Waals surface area contributed by atoms with Gasteiger partial charge in [-0.15, -0.1) is 0 Å². The number of carbonyl (C=O) groups is 2. The van der Waals surface area contributed by atoms with E-state index in [9.17, 15) is 9.59 Å². The van der Waals surface area contributed by atoms with Crippen molar-refractivity contribution in [2.24, 2.45) is 0 Å². The minimum atomic E-state index is -0.320. The number of hydrogen-bond acceptors (Lipinski definition) is 5. The molecule has 1 unspecified atom stereocenters. The maximum atomic E-state index is 13.3. The summed E-state index contributed by atoms with van der Waals surface area (Å²) in [6.45, 7) is 5.54. The molecule has 0 saturated heterocycles. The molecule has 1 atom stereocenters. The van der Waals surface area contributed by atoms with Crippen molar-refractivity contribution in [1.82, 2.24) is 15.2 Å². The fraction of sp³-hybridized carbons (Fsp3) is 0.269. The molecule has 1 aliphatic heterocycles. The molecule has 1 aliphatic rings. The van der Waals surface area contributed by atoms with E-state index in [0.29, 0.717) is 47.2 Å². The molecule has 0 spiro atoms. The number of hydrogen-bond donors (Lipinski definition) is 2. The summed E-state index contributed by atoms with van der Waals surface area (Å²) in [6, 6.07) is 16.2. The summed E-state index contributed by atoms with van der Waals surface area (Å²) in [5.74, 6) is -0.0613. The van der Waals surface area contributed by atoms with Gasteiger partial charge in [-0.05, 0) is 55.8 Å². The van der Waals surface area contributed by atoms with Gasteiger partial charge in [-0.25, -0.2) is 0 Å². The van der Waals surface area contributed by atoms with E-state index in [2.05, 4.69) is 15.6 Å². The maximum absolute atomic E-state index is 13.3. The van der Waals surface area contributed by atoms with Gasteiger partial charge in [-0.3, -0.25) is 14.6 Å². The highest BCUT2D eigenvalue weighted by atomic mass is 35.5. The van der Waals surface area contributed by atoms with Crippen LogP contribution in [0.25, 0.3) is 0 Å². The molecular formula is C26H27ClN4O3. The maximum Gasteiger partial charge on any atom is 0.258 e. The number of nitrogens with zero attached hydrogens (tertiary/aromatic N) is 2. The van der Waals surface area contributed by atoms with E-state index in [4.69, 9.17) is 16.3 Å². The van der Waals surface area contributed by atoms with Gasteiger partial charge in [0.2, 0.25) is 0 Å². The van der Waals surface area contributed by atoms with E-state index in [1.54, 1.807) is 41.4 Å². The third-order valence-corrected chi connectivity index (χ3v) is 5.85. The summed E-state index contributed by atoms with van der Waals surface area (Å²) < 4.78 is 6.36. The highest BCUT2D eigenvalue weighted by Gasteiger charge is 2.32. The number of aromatic nitrogens is 1. The Labute approximate surface area is 204 Å². The molecule has 7 nitrogen and oxygen atoms in total. The van der Waals surface area contributed by atoms with Gasteiger partial charge in [0.1, 0.15) is 6.10 Å². The van der Waals surface area contributed by atoms with E-state index in [0.717, 1.165) is 5.56 Å². The molecule has 1 aromatic heterocycles. The lowest BCUT2D eigenvalue weighted by Gasteiger charge is -2.27. The summed E-state index contributed by atoms with van der Waals surface area (Å²) in [5, 5.41) is 6.98. The number of fused-ring (bicyclic) bond motifs is 1. The fourth-order valence-corrected chi connectivity index (χ4v) is 3.94. The van der Waals surface area contributed by atoms with Crippen LogP contribution >= 0.6 is 11.6 Å². The van der Waals surface area contributed by atoms with Gasteiger partial charge in [-0.1, -0.05) is 29.8 Å². The number of para-hydroxylation sites is 1. The fourth-order valence-electron chi connectivity index (χ4n) is 3.81. The summed E-state index contributed by atoms with van der Waals surface area (Å²) in [5.41, 5.74) is 2.40. The molecule has 2 amide bonds.